The highest BCUT2D eigenvalue weighted by Crippen LogP contribution is 2.31. The van der Waals surface area contributed by atoms with E-state index in [-0.39, 0.29) is 5.91 Å². The van der Waals surface area contributed by atoms with Gasteiger partial charge in [-0.25, -0.2) is 0 Å². The molecule has 0 bridgehead atoms. The summed E-state index contributed by atoms with van der Waals surface area (Å²) < 4.78 is 11.6. The van der Waals surface area contributed by atoms with Gasteiger partial charge in [-0.1, -0.05) is 26.0 Å². The number of likely N-dealkylation sites (tertiary alicyclic amines) is 1. The predicted molar refractivity (Wildman–Crippen MR) is 84.9 cm³/mol. The number of hydrogen-bond donors (Lipinski definition) is 0. The first-order valence-electron chi connectivity index (χ1n) is 8.27. The van der Waals surface area contributed by atoms with Crippen LogP contribution in [0.2, 0.25) is 0 Å². The van der Waals surface area contributed by atoms with Crippen molar-refractivity contribution in [2.75, 3.05) is 26.3 Å². The van der Waals surface area contributed by atoms with Gasteiger partial charge in [0.15, 0.2) is 5.79 Å². The van der Waals surface area contributed by atoms with Gasteiger partial charge in [-0.15, -0.1) is 0 Å². The smallest absolute Gasteiger partial charge is 0.253 e. The molecule has 1 aromatic rings. The summed E-state index contributed by atoms with van der Waals surface area (Å²) in [7, 11) is 0. The van der Waals surface area contributed by atoms with Crippen molar-refractivity contribution in [3.63, 3.8) is 0 Å². The molecule has 2 fully saturated rings. The van der Waals surface area contributed by atoms with E-state index in [4.69, 9.17) is 9.47 Å². The summed E-state index contributed by atoms with van der Waals surface area (Å²) in [6.07, 6.45) is 2.50. The molecule has 3 rings (SSSR count). The molecule has 1 spiro atoms. The van der Waals surface area contributed by atoms with E-state index < -0.39 is 5.79 Å². The van der Waals surface area contributed by atoms with Crippen LogP contribution >= 0.6 is 0 Å². The van der Waals surface area contributed by atoms with Crippen LogP contribution in [0.25, 0.3) is 0 Å². The van der Waals surface area contributed by atoms with E-state index in [2.05, 4.69) is 26.0 Å². The molecule has 0 saturated carbocycles. The molecule has 120 valence electrons. The minimum Gasteiger partial charge on any atom is -0.350 e. The van der Waals surface area contributed by atoms with Crippen LogP contribution < -0.4 is 0 Å². The zero-order valence-electron chi connectivity index (χ0n) is 13.5. The molecule has 0 aromatic heterocycles. The lowest BCUT2D eigenvalue weighted by atomic mass is 9.99. The topological polar surface area (TPSA) is 38.8 Å². The summed E-state index contributed by atoms with van der Waals surface area (Å²) >= 11 is 0. The van der Waals surface area contributed by atoms with Crippen molar-refractivity contribution < 1.29 is 14.3 Å². The van der Waals surface area contributed by atoms with Crippen LogP contribution in [0.5, 0.6) is 0 Å². The van der Waals surface area contributed by atoms with Crippen molar-refractivity contribution in [1.29, 1.82) is 0 Å². The van der Waals surface area contributed by atoms with Gasteiger partial charge in [0.05, 0.1) is 13.2 Å². The Morgan fingerprint density at radius 2 is 1.68 bits per heavy atom. The van der Waals surface area contributed by atoms with Crippen molar-refractivity contribution in [3.05, 3.63) is 35.4 Å². The van der Waals surface area contributed by atoms with Gasteiger partial charge >= 0.3 is 0 Å². The number of benzene rings is 1. The normalized spacial score (nSPS) is 21.3. The second kappa shape index (κ2) is 6.39. The van der Waals surface area contributed by atoms with E-state index in [1.807, 2.05) is 17.0 Å². The number of carbonyl (C=O) groups excluding carboxylic acids is 1. The molecule has 1 amide bonds. The molecule has 4 nitrogen and oxygen atoms in total. The molecule has 0 atom stereocenters. The number of hydrogen-bond acceptors (Lipinski definition) is 3. The first kappa shape index (κ1) is 15.5. The van der Waals surface area contributed by atoms with E-state index >= 15 is 0 Å². The number of nitrogens with zero attached hydrogens (tertiary/aromatic N) is 1. The molecule has 1 aromatic carbocycles. The van der Waals surface area contributed by atoms with Gasteiger partial charge in [0.1, 0.15) is 0 Å². The summed E-state index contributed by atoms with van der Waals surface area (Å²) in [5.74, 6) is 0.164. The van der Waals surface area contributed by atoms with Crippen LogP contribution in [0.15, 0.2) is 24.3 Å². The van der Waals surface area contributed by atoms with E-state index in [1.165, 1.54) is 5.56 Å². The van der Waals surface area contributed by atoms with Crippen LogP contribution in [0, 0.1) is 0 Å². The Bertz CT molecular complexity index is 508. The van der Waals surface area contributed by atoms with Crippen molar-refractivity contribution in [3.8, 4) is 0 Å². The second-order valence-electron chi connectivity index (χ2n) is 6.53. The SMILES string of the molecule is CC(C)c1ccc(C(=O)N2CCC3(CC2)OCCCO3)cc1. The molecule has 4 heteroatoms. The van der Waals surface area contributed by atoms with Gasteiger partial charge in [-0.05, 0) is 30.0 Å². The minimum atomic E-state index is -0.434. The lowest BCUT2D eigenvalue weighted by molar-refractivity contribution is -0.281. The Hall–Kier alpha value is -1.39. The van der Waals surface area contributed by atoms with Crippen molar-refractivity contribution >= 4 is 5.91 Å². The molecule has 2 aliphatic heterocycles. The molecule has 0 aliphatic carbocycles. The summed E-state index contributed by atoms with van der Waals surface area (Å²) in [4.78, 5) is 14.5. The van der Waals surface area contributed by atoms with Crippen LogP contribution in [0.4, 0.5) is 0 Å². The zero-order valence-corrected chi connectivity index (χ0v) is 13.5. The van der Waals surface area contributed by atoms with Gasteiger partial charge < -0.3 is 14.4 Å². The third kappa shape index (κ3) is 3.18. The zero-order chi connectivity index (χ0) is 15.6. The fourth-order valence-electron chi connectivity index (χ4n) is 3.15. The number of ether oxygens (including phenoxy) is 2. The average Bonchev–Trinajstić information content (AvgIpc) is 2.56. The Kier molecular flexibility index (Phi) is 4.50. The Morgan fingerprint density at radius 1 is 1.09 bits per heavy atom. The molecule has 0 unspecified atom stereocenters. The Morgan fingerprint density at radius 3 is 2.23 bits per heavy atom. The fraction of sp³-hybridized carbons (Fsp3) is 0.611. The highest BCUT2D eigenvalue weighted by atomic mass is 16.7. The van der Waals surface area contributed by atoms with Gasteiger partial charge in [-0.3, -0.25) is 4.79 Å². The first-order valence-corrected chi connectivity index (χ1v) is 8.27. The third-order valence-corrected chi connectivity index (χ3v) is 4.66. The van der Waals surface area contributed by atoms with Gasteiger partial charge in [0.2, 0.25) is 0 Å². The van der Waals surface area contributed by atoms with Crippen molar-refractivity contribution in [2.24, 2.45) is 0 Å². The highest BCUT2D eigenvalue weighted by Gasteiger charge is 2.39. The van der Waals surface area contributed by atoms with Crippen LogP contribution in [0.1, 0.15) is 54.9 Å². The summed E-state index contributed by atoms with van der Waals surface area (Å²) in [6, 6.07) is 7.98. The van der Waals surface area contributed by atoms with Crippen LogP contribution in [-0.2, 0) is 9.47 Å². The Balaban J connectivity index is 1.61. The number of amides is 1. The maximum atomic E-state index is 12.6. The quantitative estimate of drug-likeness (QED) is 0.842. The molecular formula is C18H25NO3. The van der Waals surface area contributed by atoms with E-state index in [0.717, 1.165) is 38.0 Å². The number of piperidine rings is 1. The van der Waals surface area contributed by atoms with E-state index in [0.29, 0.717) is 19.0 Å². The van der Waals surface area contributed by atoms with E-state index in [9.17, 15) is 4.79 Å². The van der Waals surface area contributed by atoms with Gasteiger partial charge in [0.25, 0.3) is 5.91 Å². The van der Waals surface area contributed by atoms with Crippen molar-refractivity contribution in [2.45, 2.75) is 44.8 Å². The highest BCUT2D eigenvalue weighted by molar-refractivity contribution is 5.94. The molecule has 22 heavy (non-hydrogen) atoms. The molecule has 0 N–H and O–H groups in total. The third-order valence-electron chi connectivity index (χ3n) is 4.66. The van der Waals surface area contributed by atoms with Gasteiger partial charge in [-0.2, -0.15) is 0 Å². The lowest BCUT2D eigenvalue weighted by Crippen LogP contribution is -2.51. The summed E-state index contributed by atoms with van der Waals surface area (Å²) in [5.41, 5.74) is 2.03. The largest absolute Gasteiger partial charge is 0.350 e. The van der Waals surface area contributed by atoms with Crippen LogP contribution in [-0.4, -0.2) is 42.9 Å². The Labute approximate surface area is 132 Å². The monoisotopic (exact) mass is 303 g/mol. The molecule has 2 heterocycles. The molecule has 2 aliphatic rings. The lowest BCUT2D eigenvalue weighted by Gasteiger charge is -2.43. The predicted octanol–water partition coefficient (Wildman–Crippen LogP) is 3.18. The van der Waals surface area contributed by atoms with Crippen molar-refractivity contribution in [1.82, 2.24) is 4.90 Å². The first-order chi connectivity index (χ1) is 10.6. The summed E-state index contributed by atoms with van der Waals surface area (Å²) in [5, 5.41) is 0. The van der Waals surface area contributed by atoms with Crippen LogP contribution in [0.3, 0.4) is 0 Å². The molecular weight excluding hydrogens is 278 g/mol. The fourth-order valence-corrected chi connectivity index (χ4v) is 3.15. The number of carbonyl (C=O) groups is 1. The second-order valence-corrected chi connectivity index (χ2v) is 6.53. The standard InChI is InChI=1S/C18H25NO3/c1-14(2)15-4-6-16(7-5-15)17(20)19-10-8-18(9-11-19)21-12-3-13-22-18/h4-7,14H,3,8-13H2,1-2H3. The average molecular weight is 303 g/mol. The number of rotatable bonds is 2. The molecule has 2 saturated heterocycles. The summed E-state index contributed by atoms with van der Waals surface area (Å²) in [6.45, 7) is 7.25. The maximum Gasteiger partial charge on any atom is 0.253 e. The van der Waals surface area contributed by atoms with Gasteiger partial charge in [0, 0.05) is 31.5 Å². The molecule has 0 radical (unpaired) electrons. The minimum absolute atomic E-state index is 0.112. The maximum absolute atomic E-state index is 12.6. The van der Waals surface area contributed by atoms with E-state index in [1.54, 1.807) is 0 Å².